The zero-order chi connectivity index (χ0) is 25.3. The second kappa shape index (κ2) is 17.5. The van der Waals surface area contributed by atoms with Crippen molar-refractivity contribution in [2.75, 3.05) is 6.61 Å². The number of unbranched alkanes of at least 4 members (excludes halogenated alkanes) is 9. The minimum atomic E-state index is 0.806. The smallest absolute Gasteiger partial charge is 0.159 e. The van der Waals surface area contributed by atoms with E-state index in [4.69, 9.17) is 4.74 Å². The molecule has 0 N–H and O–H groups in total. The topological polar surface area (TPSA) is 35.0 Å². The Kier molecular flexibility index (Phi) is 14.0. The van der Waals surface area contributed by atoms with Gasteiger partial charge in [-0.15, -0.1) is 0 Å². The summed E-state index contributed by atoms with van der Waals surface area (Å²) in [4.78, 5) is 9.33. The van der Waals surface area contributed by atoms with Crippen LogP contribution in [0.25, 0.3) is 11.4 Å². The molecule has 0 saturated heterocycles. The van der Waals surface area contributed by atoms with Crippen LogP contribution in [0.2, 0.25) is 0 Å². The van der Waals surface area contributed by atoms with Gasteiger partial charge in [-0.1, -0.05) is 110 Å². The number of ether oxygens (including phenoxy) is 1. The quantitative estimate of drug-likeness (QED) is 0.194. The van der Waals surface area contributed by atoms with E-state index in [1.54, 1.807) is 0 Å². The summed E-state index contributed by atoms with van der Waals surface area (Å²) in [6.07, 6.45) is 28.4. The molecule has 1 saturated carbocycles. The van der Waals surface area contributed by atoms with Crippen molar-refractivity contribution < 1.29 is 4.74 Å². The van der Waals surface area contributed by atoms with E-state index in [1.165, 1.54) is 108 Å². The lowest BCUT2D eigenvalue weighted by Gasteiger charge is -2.28. The normalized spacial score (nSPS) is 17.8. The zero-order valence-corrected chi connectivity index (χ0v) is 23.4. The van der Waals surface area contributed by atoms with E-state index in [9.17, 15) is 0 Å². The molecule has 3 heteroatoms. The highest BCUT2D eigenvalue weighted by molar-refractivity contribution is 5.55. The Hall–Kier alpha value is -1.90. The predicted octanol–water partition coefficient (Wildman–Crippen LogP) is 9.98. The molecule has 0 unspecified atom stereocenters. The number of benzene rings is 1. The van der Waals surface area contributed by atoms with Crippen LogP contribution in [-0.4, -0.2) is 16.6 Å². The van der Waals surface area contributed by atoms with Crippen LogP contribution in [0.5, 0.6) is 5.75 Å². The van der Waals surface area contributed by atoms with Crippen molar-refractivity contribution in [3.8, 4) is 17.1 Å². The van der Waals surface area contributed by atoms with Gasteiger partial charge in [-0.3, -0.25) is 0 Å². The molecule has 1 fully saturated rings. The summed E-state index contributed by atoms with van der Waals surface area (Å²) in [7, 11) is 0. The molecule has 3 nitrogen and oxygen atoms in total. The summed E-state index contributed by atoms with van der Waals surface area (Å²) < 4.78 is 5.94. The number of hydrogen-bond acceptors (Lipinski definition) is 3. The molecular formula is C33H52N2O. The summed E-state index contributed by atoms with van der Waals surface area (Å²) in [6.45, 7) is 5.38. The zero-order valence-electron chi connectivity index (χ0n) is 23.4. The predicted molar refractivity (Wildman–Crippen MR) is 153 cm³/mol. The lowest BCUT2D eigenvalue weighted by Crippen LogP contribution is -2.15. The van der Waals surface area contributed by atoms with Gasteiger partial charge in [0.25, 0.3) is 0 Å². The Morgan fingerprint density at radius 3 is 1.86 bits per heavy atom. The van der Waals surface area contributed by atoms with Crippen LogP contribution >= 0.6 is 0 Å². The SMILES string of the molecule is CCCCCCCCCCOc1ccc(-c2ncc(CCC3CCC(CCCCC)CC3)cn2)cc1. The van der Waals surface area contributed by atoms with Gasteiger partial charge in [-0.25, -0.2) is 9.97 Å². The summed E-state index contributed by atoms with van der Waals surface area (Å²) in [5, 5.41) is 0. The third-order valence-corrected chi connectivity index (χ3v) is 8.11. The number of hydrogen-bond donors (Lipinski definition) is 0. The Morgan fingerprint density at radius 2 is 1.22 bits per heavy atom. The Balaban J connectivity index is 1.30. The summed E-state index contributed by atoms with van der Waals surface area (Å²) >= 11 is 0. The van der Waals surface area contributed by atoms with Crippen molar-refractivity contribution in [3.05, 3.63) is 42.2 Å². The van der Waals surface area contributed by atoms with Gasteiger partial charge in [0.05, 0.1) is 6.61 Å². The second-order valence-electron chi connectivity index (χ2n) is 11.2. The van der Waals surface area contributed by atoms with Crippen LogP contribution in [0.1, 0.15) is 129 Å². The van der Waals surface area contributed by atoms with Crippen molar-refractivity contribution >= 4 is 0 Å². The van der Waals surface area contributed by atoms with E-state index < -0.39 is 0 Å². The first-order chi connectivity index (χ1) is 17.8. The molecule has 0 radical (unpaired) electrons. The number of nitrogens with zero attached hydrogens (tertiary/aromatic N) is 2. The molecule has 0 bridgehead atoms. The Morgan fingerprint density at radius 1 is 0.667 bits per heavy atom. The minimum Gasteiger partial charge on any atom is -0.494 e. The van der Waals surface area contributed by atoms with Gasteiger partial charge in [0.15, 0.2) is 5.82 Å². The number of aromatic nitrogens is 2. The average molecular weight is 493 g/mol. The van der Waals surface area contributed by atoms with E-state index in [1.807, 2.05) is 12.4 Å². The van der Waals surface area contributed by atoms with E-state index in [2.05, 4.69) is 48.1 Å². The van der Waals surface area contributed by atoms with Gasteiger partial charge in [-0.05, 0) is 60.9 Å². The largest absolute Gasteiger partial charge is 0.494 e. The maximum absolute atomic E-state index is 5.94. The molecule has 1 heterocycles. The third-order valence-electron chi connectivity index (χ3n) is 8.11. The molecule has 200 valence electrons. The van der Waals surface area contributed by atoms with E-state index >= 15 is 0 Å². The van der Waals surface area contributed by atoms with Crippen molar-refractivity contribution in [2.24, 2.45) is 11.8 Å². The second-order valence-corrected chi connectivity index (χ2v) is 11.2. The lowest BCUT2D eigenvalue weighted by molar-refractivity contribution is 0.249. The maximum atomic E-state index is 5.94. The van der Waals surface area contributed by atoms with Crippen LogP contribution in [0.4, 0.5) is 0 Å². The Labute approximate surface area is 221 Å². The molecule has 1 aromatic carbocycles. The standard InChI is InChI=1S/C33H52N2O/c1-3-5-7-8-9-10-11-13-25-36-32-23-21-31(22-24-32)33-34-26-30(27-35-33)20-19-29-17-15-28(16-18-29)14-12-6-4-2/h21-24,26-29H,3-20,25H2,1-2H3. The highest BCUT2D eigenvalue weighted by Crippen LogP contribution is 2.34. The molecule has 2 aromatic rings. The number of rotatable bonds is 18. The molecular weight excluding hydrogens is 440 g/mol. The van der Waals surface area contributed by atoms with Crippen molar-refractivity contribution in [1.82, 2.24) is 9.97 Å². The first kappa shape index (κ1) is 28.7. The van der Waals surface area contributed by atoms with Crippen LogP contribution in [0, 0.1) is 11.8 Å². The molecule has 0 spiro atoms. The summed E-state index contributed by atoms with van der Waals surface area (Å²) in [5.74, 6) is 3.64. The van der Waals surface area contributed by atoms with E-state index in [0.29, 0.717) is 0 Å². The first-order valence-electron chi connectivity index (χ1n) is 15.3. The molecule has 1 aromatic heterocycles. The number of aryl methyl sites for hydroxylation is 1. The monoisotopic (exact) mass is 492 g/mol. The highest BCUT2D eigenvalue weighted by Gasteiger charge is 2.20. The van der Waals surface area contributed by atoms with Crippen molar-refractivity contribution in [2.45, 2.75) is 129 Å². The van der Waals surface area contributed by atoms with Gasteiger partial charge in [0, 0.05) is 18.0 Å². The van der Waals surface area contributed by atoms with Crippen molar-refractivity contribution in [3.63, 3.8) is 0 Å². The van der Waals surface area contributed by atoms with E-state index in [0.717, 1.165) is 48.4 Å². The summed E-state index contributed by atoms with van der Waals surface area (Å²) in [6, 6.07) is 8.26. The first-order valence-corrected chi connectivity index (χ1v) is 15.3. The van der Waals surface area contributed by atoms with Gasteiger partial charge >= 0.3 is 0 Å². The lowest BCUT2D eigenvalue weighted by atomic mass is 9.78. The molecule has 0 amide bonds. The molecule has 1 aliphatic rings. The van der Waals surface area contributed by atoms with Gasteiger partial charge in [0.1, 0.15) is 5.75 Å². The van der Waals surface area contributed by atoms with E-state index in [-0.39, 0.29) is 0 Å². The fourth-order valence-electron chi connectivity index (χ4n) is 5.62. The van der Waals surface area contributed by atoms with Crippen LogP contribution < -0.4 is 4.74 Å². The van der Waals surface area contributed by atoms with Crippen LogP contribution in [0.15, 0.2) is 36.7 Å². The molecule has 3 rings (SSSR count). The molecule has 0 aliphatic heterocycles. The van der Waals surface area contributed by atoms with Gasteiger partial charge in [0.2, 0.25) is 0 Å². The fraction of sp³-hybridized carbons (Fsp3) is 0.697. The molecule has 1 aliphatic carbocycles. The van der Waals surface area contributed by atoms with Gasteiger partial charge in [-0.2, -0.15) is 0 Å². The average Bonchev–Trinajstić information content (AvgIpc) is 2.92. The molecule has 36 heavy (non-hydrogen) atoms. The van der Waals surface area contributed by atoms with Crippen LogP contribution in [0.3, 0.4) is 0 Å². The van der Waals surface area contributed by atoms with Crippen LogP contribution in [-0.2, 0) is 6.42 Å². The van der Waals surface area contributed by atoms with Gasteiger partial charge < -0.3 is 4.74 Å². The Bertz CT molecular complexity index is 793. The minimum absolute atomic E-state index is 0.806. The fourth-order valence-corrected chi connectivity index (χ4v) is 5.62. The molecule has 0 atom stereocenters. The third kappa shape index (κ3) is 11.0. The maximum Gasteiger partial charge on any atom is 0.159 e. The highest BCUT2D eigenvalue weighted by atomic mass is 16.5. The van der Waals surface area contributed by atoms with Crippen molar-refractivity contribution in [1.29, 1.82) is 0 Å². The summed E-state index contributed by atoms with van der Waals surface area (Å²) in [5.41, 5.74) is 2.33.